The minimum absolute atomic E-state index is 0.340. The lowest BCUT2D eigenvalue weighted by Crippen LogP contribution is -2.35. The molecule has 0 aromatic heterocycles. The third-order valence-corrected chi connectivity index (χ3v) is 4.89. The van der Waals surface area contributed by atoms with Crippen LogP contribution in [0.3, 0.4) is 0 Å². The van der Waals surface area contributed by atoms with E-state index in [0.717, 1.165) is 6.08 Å². The minimum Gasteiger partial charge on any atom is -0.457 e. The number of carbonyl (C=O) groups excluding carboxylic acids is 2. The van der Waals surface area contributed by atoms with E-state index in [9.17, 15) is 18.0 Å². The van der Waals surface area contributed by atoms with E-state index in [-0.39, 0.29) is 0 Å². The number of carbonyl (C=O) groups is 2. The van der Waals surface area contributed by atoms with Gasteiger partial charge in [-0.25, -0.2) is 9.59 Å². The van der Waals surface area contributed by atoms with E-state index < -0.39 is 46.1 Å². The molecular weight excluding hydrogens is 276 g/mol. The van der Waals surface area contributed by atoms with E-state index in [0.29, 0.717) is 19.3 Å². The molecule has 1 saturated carbocycles. The fourth-order valence-electron chi connectivity index (χ4n) is 2.21. The summed E-state index contributed by atoms with van der Waals surface area (Å²) in [4.78, 5) is 22.2. The van der Waals surface area contributed by atoms with Gasteiger partial charge in [0.1, 0.15) is 12.2 Å². The van der Waals surface area contributed by atoms with Gasteiger partial charge >= 0.3 is 11.9 Å². The van der Waals surface area contributed by atoms with Crippen LogP contribution in [0, 0.1) is 0 Å². The standard InChI is InChI=1S/C11H14O7S/c1-2-10(12)16-6-11(13)17-8-4-3-7-5-9(8)18-19(7,14)15/h2,7-9H,1,3-6H2. The molecule has 1 aliphatic heterocycles. The molecule has 3 unspecified atom stereocenters. The summed E-state index contributed by atoms with van der Waals surface area (Å²) in [5.74, 6) is -1.45. The summed E-state index contributed by atoms with van der Waals surface area (Å²) < 4.78 is 37.5. The van der Waals surface area contributed by atoms with Crippen LogP contribution in [-0.2, 0) is 33.4 Å². The van der Waals surface area contributed by atoms with Gasteiger partial charge in [0.05, 0.1) is 5.25 Å². The molecule has 1 heterocycles. The molecule has 7 nitrogen and oxygen atoms in total. The maximum atomic E-state index is 11.5. The summed E-state index contributed by atoms with van der Waals surface area (Å²) in [6, 6.07) is 0. The first-order chi connectivity index (χ1) is 8.92. The molecule has 19 heavy (non-hydrogen) atoms. The minimum atomic E-state index is -3.51. The Kier molecular flexibility index (Phi) is 3.91. The van der Waals surface area contributed by atoms with E-state index in [1.165, 1.54) is 0 Å². The maximum absolute atomic E-state index is 11.5. The Hall–Kier alpha value is -1.41. The Balaban J connectivity index is 1.86. The van der Waals surface area contributed by atoms with E-state index in [1.54, 1.807) is 0 Å². The normalized spacial score (nSPS) is 31.5. The topological polar surface area (TPSA) is 96.0 Å². The van der Waals surface area contributed by atoms with Crippen molar-refractivity contribution in [1.82, 2.24) is 0 Å². The molecule has 0 amide bonds. The molecule has 0 radical (unpaired) electrons. The Labute approximate surface area is 110 Å². The summed E-state index contributed by atoms with van der Waals surface area (Å²) in [5, 5.41) is -0.494. The van der Waals surface area contributed by atoms with Gasteiger partial charge in [-0.1, -0.05) is 6.58 Å². The lowest BCUT2D eigenvalue weighted by Gasteiger charge is -2.24. The molecule has 0 spiro atoms. The van der Waals surface area contributed by atoms with Crippen LogP contribution in [0.25, 0.3) is 0 Å². The second-order valence-electron chi connectivity index (χ2n) is 4.40. The highest BCUT2D eigenvalue weighted by Gasteiger charge is 2.48. The largest absolute Gasteiger partial charge is 0.457 e. The monoisotopic (exact) mass is 290 g/mol. The molecule has 1 saturated heterocycles. The summed E-state index contributed by atoms with van der Waals surface area (Å²) in [6.45, 7) is 2.66. The predicted octanol–water partition coefficient (Wildman–Crippen LogP) is -0.0915. The third-order valence-electron chi connectivity index (χ3n) is 3.13. The fourth-order valence-corrected chi connectivity index (χ4v) is 3.76. The summed E-state index contributed by atoms with van der Waals surface area (Å²) in [7, 11) is -3.51. The van der Waals surface area contributed by atoms with Crippen molar-refractivity contribution < 1.29 is 31.7 Å². The second kappa shape index (κ2) is 5.30. The Morgan fingerprint density at radius 2 is 2.11 bits per heavy atom. The van der Waals surface area contributed by atoms with Gasteiger partial charge < -0.3 is 9.47 Å². The Morgan fingerprint density at radius 3 is 2.79 bits per heavy atom. The SMILES string of the molecule is C=CC(=O)OCC(=O)OC1CCC2CC1OS2(=O)=O. The molecule has 2 fully saturated rings. The van der Waals surface area contributed by atoms with Crippen LogP contribution in [0.4, 0.5) is 0 Å². The van der Waals surface area contributed by atoms with Crippen molar-refractivity contribution in [2.45, 2.75) is 36.7 Å². The zero-order valence-electron chi connectivity index (χ0n) is 10.1. The van der Waals surface area contributed by atoms with Gasteiger partial charge in [0.25, 0.3) is 10.1 Å². The van der Waals surface area contributed by atoms with Gasteiger partial charge in [0.15, 0.2) is 6.61 Å². The van der Waals surface area contributed by atoms with Crippen molar-refractivity contribution in [2.75, 3.05) is 6.61 Å². The van der Waals surface area contributed by atoms with Gasteiger partial charge in [-0.2, -0.15) is 8.42 Å². The molecule has 0 aromatic rings. The quantitative estimate of drug-likeness (QED) is 0.405. The number of ether oxygens (including phenoxy) is 2. The van der Waals surface area contributed by atoms with Crippen molar-refractivity contribution in [3.05, 3.63) is 12.7 Å². The van der Waals surface area contributed by atoms with Crippen LogP contribution in [0.5, 0.6) is 0 Å². The molecule has 106 valence electrons. The average Bonchev–Trinajstić information content (AvgIpc) is 2.61. The molecular formula is C11H14O7S. The highest BCUT2D eigenvalue weighted by Crippen LogP contribution is 2.37. The number of hydrogen-bond donors (Lipinski definition) is 0. The number of rotatable bonds is 4. The van der Waals surface area contributed by atoms with Crippen LogP contribution in [0.1, 0.15) is 19.3 Å². The summed E-state index contributed by atoms with van der Waals surface area (Å²) in [6.07, 6.45) is 0.878. The van der Waals surface area contributed by atoms with Crippen molar-refractivity contribution in [3.8, 4) is 0 Å². The van der Waals surface area contributed by atoms with E-state index in [1.807, 2.05) is 0 Å². The second-order valence-corrected chi connectivity index (χ2v) is 6.25. The van der Waals surface area contributed by atoms with E-state index in [2.05, 4.69) is 11.3 Å². The number of esters is 2. The molecule has 8 heteroatoms. The van der Waals surface area contributed by atoms with Crippen molar-refractivity contribution in [1.29, 1.82) is 0 Å². The van der Waals surface area contributed by atoms with Gasteiger partial charge in [0, 0.05) is 6.08 Å². The van der Waals surface area contributed by atoms with Gasteiger partial charge in [0.2, 0.25) is 0 Å². The highest BCUT2D eigenvalue weighted by atomic mass is 32.2. The molecule has 3 atom stereocenters. The first-order valence-electron chi connectivity index (χ1n) is 5.83. The van der Waals surface area contributed by atoms with Gasteiger partial charge in [-0.05, 0) is 19.3 Å². The van der Waals surface area contributed by atoms with Crippen LogP contribution in [0.2, 0.25) is 0 Å². The van der Waals surface area contributed by atoms with Crippen LogP contribution in [0.15, 0.2) is 12.7 Å². The first kappa shape index (κ1) is 14.0. The Morgan fingerprint density at radius 1 is 1.37 bits per heavy atom. The Bertz CT molecular complexity index is 495. The zero-order chi connectivity index (χ0) is 14.0. The summed E-state index contributed by atoms with van der Waals surface area (Å²) in [5.41, 5.74) is 0. The predicted molar refractivity (Wildman–Crippen MR) is 62.5 cm³/mol. The third kappa shape index (κ3) is 3.13. The molecule has 0 aromatic carbocycles. The van der Waals surface area contributed by atoms with E-state index >= 15 is 0 Å². The molecule has 2 aliphatic rings. The summed E-state index contributed by atoms with van der Waals surface area (Å²) >= 11 is 0. The van der Waals surface area contributed by atoms with Crippen molar-refractivity contribution in [3.63, 3.8) is 0 Å². The average molecular weight is 290 g/mol. The molecule has 2 bridgehead atoms. The van der Waals surface area contributed by atoms with E-state index in [4.69, 9.17) is 8.92 Å². The van der Waals surface area contributed by atoms with Crippen LogP contribution in [-0.4, -0.2) is 44.4 Å². The highest BCUT2D eigenvalue weighted by molar-refractivity contribution is 7.87. The molecule has 0 N–H and O–H groups in total. The van der Waals surface area contributed by atoms with Crippen molar-refractivity contribution >= 4 is 22.1 Å². The van der Waals surface area contributed by atoms with Gasteiger partial charge in [-0.3, -0.25) is 4.18 Å². The smallest absolute Gasteiger partial charge is 0.344 e. The molecule has 1 aliphatic carbocycles. The first-order valence-corrected chi connectivity index (χ1v) is 7.30. The van der Waals surface area contributed by atoms with Crippen LogP contribution >= 0.6 is 0 Å². The fraction of sp³-hybridized carbons (Fsp3) is 0.636. The zero-order valence-corrected chi connectivity index (χ0v) is 10.9. The lowest BCUT2D eigenvalue weighted by molar-refractivity contribution is -0.164. The molecule has 2 rings (SSSR count). The van der Waals surface area contributed by atoms with Crippen LogP contribution < -0.4 is 0 Å². The van der Waals surface area contributed by atoms with Crippen molar-refractivity contribution in [2.24, 2.45) is 0 Å². The number of hydrogen-bond acceptors (Lipinski definition) is 7. The van der Waals surface area contributed by atoms with Gasteiger partial charge in [-0.15, -0.1) is 0 Å². The number of fused-ring (bicyclic) bond motifs is 2. The maximum Gasteiger partial charge on any atom is 0.344 e. The lowest BCUT2D eigenvalue weighted by atomic mass is 9.94.